The number of pyridine rings is 1. The van der Waals surface area contributed by atoms with Crippen LogP contribution in [0.1, 0.15) is 32.8 Å². The van der Waals surface area contributed by atoms with E-state index in [1.54, 1.807) is 6.07 Å². The van der Waals surface area contributed by atoms with E-state index in [0.717, 1.165) is 30.9 Å². The van der Waals surface area contributed by atoms with Gasteiger partial charge in [-0.25, -0.2) is 9.37 Å². The molecule has 18 heavy (non-hydrogen) atoms. The van der Waals surface area contributed by atoms with E-state index in [4.69, 9.17) is 0 Å². The van der Waals surface area contributed by atoms with Crippen molar-refractivity contribution in [2.24, 2.45) is 5.92 Å². The Labute approximate surface area is 109 Å². The molecule has 0 fully saturated rings. The van der Waals surface area contributed by atoms with E-state index in [2.05, 4.69) is 29.0 Å². The molecule has 0 spiro atoms. The monoisotopic (exact) mass is 253 g/mol. The maximum absolute atomic E-state index is 13.2. The summed E-state index contributed by atoms with van der Waals surface area (Å²) < 4.78 is 13.2. The predicted molar refractivity (Wildman–Crippen MR) is 74.3 cm³/mol. The summed E-state index contributed by atoms with van der Waals surface area (Å²) in [5.41, 5.74) is 0.920. The molecule has 0 unspecified atom stereocenters. The highest BCUT2D eigenvalue weighted by Gasteiger charge is 2.10. The topological polar surface area (TPSA) is 28.2 Å². The molecule has 1 heterocycles. The Morgan fingerprint density at radius 2 is 2.17 bits per heavy atom. The third kappa shape index (κ3) is 4.61. The normalized spacial score (nSPS) is 11.0. The molecule has 0 aliphatic carbocycles. The minimum atomic E-state index is -0.274. The van der Waals surface area contributed by atoms with Crippen molar-refractivity contribution in [3.05, 3.63) is 23.6 Å². The molecule has 3 nitrogen and oxygen atoms in total. The molecular weight excluding hydrogens is 229 g/mol. The molecule has 1 N–H and O–H groups in total. The van der Waals surface area contributed by atoms with Gasteiger partial charge in [-0.1, -0.05) is 20.8 Å². The molecule has 0 radical (unpaired) electrons. The Kier molecular flexibility index (Phi) is 6.05. The van der Waals surface area contributed by atoms with Gasteiger partial charge in [0.05, 0.1) is 6.20 Å². The summed E-state index contributed by atoms with van der Waals surface area (Å²) in [6.07, 6.45) is 2.40. The summed E-state index contributed by atoms with van der Waals surface area (Å²) in [6.45, 7) is 8.90. The highest BCUT2D eigenvalue weighted by molar-refractivity contribution is 5.46. The summed E-state index contributed by atoms with van der Waals surface area (Å²) in [4.78, 5) is 6.32. The van der Waals surface area contributed by atoms with Gasteiger partial charge in [0.1, 0.15) is 11.6 Å². The second-order valence-electron chi connectivity index (χ2n) is 5.02. The lowest BCUT2D eigenvalue weighted by Crippen LogP contribution is -2.24. The van der Waals surface area contributed by atoms with Crippen LogP contribution in [0.4, 0.5) is 10.2 Å². The van der Waals surface area contributed by atoms with Crippen LogP contribution in [0.15, 0.2) is 12.3 Å². The van der Waals surface area contributed by atoms with Crippen LogP contribution in [0.2, 0.25) is 0 Å². The lowest BCUT2D eigenvalue weighted by Gasteiger charge is -2.22. The molecule has 1 aromatic rings. The quantitative estimate of drug-likeness (QED) is 0.810. The molecule has 0 saturated heterocycles. The van der Waals surface area contributed by atoms with Crippen LogP contribution in [0.25, 0.3) is 0 Å². The number of nitrogens with one attached hydrogen (secondary N) is 1. The number of nitrogens with zero attached hydrogens (tertiary/aromatic N) is 2. The third-order valence-electron chi connectivity index (χ3n) is 2.88. The first kappa shape index (κ1) is 14.9. The fraction of sp³-hybridized carbons (Fsp3) is 0.643. The van der Waals surface area contributed by atoms with Gasteiger partial charge in [0, 0.05) is 25.7 Å². The molecule has 4 heteroatoms. The van der Waals surface area contributed by atoms with Crippen molar-refractivity contribution in [1.82, 2.24) is 10.3 Å². The summed E-state index contributed by atoms with van der Waals surface area (Å²) in [5.74, 6) is 1.26. The minimum absolute atomic E-state index is 0.274. The van der Waals surface area contributed by atoms with Gasteiger partial charge in [0.2, 0.25) is 0 Å². The maximum Gasteiger partial charge on any atom is 0.141 e. The second-order valence-corrected chi connectivity index (χ2v) is 5.02. The predicted octanol–water partition coefficient (Wildman–Crippen LogP) is 2.81. The Bertz CT molecular complexity index is 366. The van der Waals surface area contributed by atoms with Crippen molar-refractivity contribution in [1.29, 1.82) is 0 Å². The Balaban J connectivity index is 2.78. The van der Waals surface area contributed by atoms with Gasteiger partial charge in [0.25, 0.3) is 0 Å². The number of hydrogen-bond donors (Lipinski definition) is 1. The number of anilines is 1. The zero-order chi connectivity index (χ0) is 13.5. The van der Waals surface area contributed by atoms with Crippen LogP contribution in [0, 0.1) is 11.7 Å². The average molecular weight is 253 g/mol. The summed E-state index contributed by atoms with van der Waals surface area (Å²) in [6, 6.07) is 1.57. The van der Waals surface area contributed by atoms with Crippen LogP contribution in [0.3, 0.4) is 0 Å². The Morgan fingerprint density at radius 3 is 2.78 bits per heavy atom. The summed E-state index contributed by atoms with van der Waals surface area (Å²) in [5, 5.41) is 3.22. The molecule has 0 amide bonds. The minimum Gasteiger partial charge on any atom is -0.359 e. The highest BCUT2D eigenvalue weighted by Crippen LogP contribution is 2.18. The lowest BCUT2D eigenvalue weighted by molar-refractivity contribution is 0.579. The first-order chi connectivity index (χ1) is 8.54. The first-order valence-electron chi connectivity index (χ1n) is 6.60. The molecule has 1 aromatic heterocycles. The molecular formula is C14H24FN3. The van der Waals surface area contributed by atoms with Gasteiger partial charge in [0.15, 0.2) is 0 Å². The van der Waals surface area contributed by atoms with Crippen molar-refractivity contribution in [3.8, 4) is 0 Å². The van der Waals surface area contributed by atoms with Gasteiger partial charge in [-0.15, -0.1) is 0 Å². The molecule has 1 rings (SSSR count). The Hall–Kier alpha value is -1.16. The molecule has 0 atom stereocenters. The average Bonchev–Trinajstić information content (AvgIpc) is 2.33. The lowest BCUT2D eigenvalue weighted by atomic mass is 10.1. The summed E-state index contributed by atoms with van der Waals surface area (Å²) in [7, 11) is 2.01. The number of hydrogen-bond acceptors (Lipinski definition) is 3. The molecule has 0 saturated carbocycles. The fourth-order valence-electron chi connectivity index (χ4n) is 1.77. The van der Waals surface area contributed by atoms with E-state index in [9.17, 15) is 4.39 Å². The van der Waals surface area contributed by atoms with Gasteiger partial charge in [-0.2, -0.15) is 0 Å². The standard InChI is InChI=1S/C14H24FN3/c1-5-16-9-12-8-13(15)10-17-14(12)18(4)7-6-11(2)3/h8,10-11,16H,5-7,9H2,1-4H3. The van der Waals surface area contributed by atoms with Crippen molar-refractivity contribution in [2.45, 2.75) is 33.7 Å². The smallest absolute Gasteiger partial charge is 0.141 e. The molecule has 0 aliphatic rings. The highest BCUT2D eigenvalue weighted by atomic mass is 19.1. The maximum atomic E-state index is 13.2. The van der Waals surface area contributed by atoms with E-state index in [-0.39, 0.29) is 5.82 Å². The zero-order valence-corrected chi connectivity index (χ0v) is 11.8. The van der Waals surface area contributed by atoms with Crippen LogP contribution >= 0.6 is 0 Å². The van der Waals surface area contributed by atoms with E-state index in [1.807, 2.05) is 14.0 Å². The van der Waals surface area contributed by atoms with Crippen LogP contribution in [-0.4, -0.2) is 25.1 Å². The fourth-order valence-corrected chi connectivity index (χ4v) is 1.77. The number of aromatic nitrogens is 1. The molecule has 102 valence electrons. The van der Waals surface area contributed by atoms with Crippen molar-refractivity contribution in [2.75, 3.05) is 25.0 Å². The van der Waals surface area contributed by atoms with Gasteiger partial charge in [-0.05, 0) is 24.9 Å². The van der Waals surface area contributed by atoms with Crippen LogP contribution < -0.4 is 10.2 Å². The largest absolute Gasteiger partial charge is 0.359 e. The van der Waals surface area contributed by atoms with Gasteiger partial charge >= 0.3 is 0 Å². The molecule has 0 aromatic carbocycles. The van der Waals surface area contributed by atoms with E-state index in [1.165, 1.54) is 6.20 Å². The first-order valence-corrected chi connectivity index (χ1v) is 6.60. The summed E-state index contributed by atoms with van der Waals surface area (Å²) >= 11 is 0. The van der Waals surface area contributed by atoms with Crippen LogP contribution in [-0.2, 0) is 6.54 Å². The molecule has 0 bridgehead atoms. The van der Waals surface area contributed by atoms with E-state index in [0.29, 0.717) is 12.5 Å². The molecule has 0 aliphatic heterocycles. The van der Waals surface area contributed by atoms with Gasteiger partial charge < -0.3 is 10.2 Å². The SMILES string of the molecule is CCNCc1cc(F)cnc1N(C)CCC(C)C. The number of rotatable bonds is 7. The second kappa shape index (κ2) is 7.31. The van der Waals surface area contributed by atoms with E-state index >= 15 is 0 Å². The van der Waals surface area contributed by atoms with E-state index < -0.39 is 0 Å². The van der Waals surface area contributed by atoms with Crippen molar-refractivity contribution >= 4 is 5.82 Å². The van der Waals surface area contributed by atoms with Crippen LogP contribution in [0.5, 0.6) is 0 Å². The van der Waals surface area contributed by atoms with Crippen molar-refractivity contribution < 1.29 is 4.39 Å². The Morgan fingerprint density at radius 1 is 1.44 bits per heavy atom. The number of halogens is 1. The zero-order valence-electron chi connectivity index (χ0n) is 11.8. The van der Waals surface area contributed by atoms with Gasteiger partial charge in [-0.3, -0.25) is 0 Å². The third-order valence-corrected chi connectivity index (χ3v) is 2.88. The van der Waals surface area contributed by atoms with Crippen molar-refractivity contribution in [3.63, 3.8) is 0 Å².